The first-order valence-corrected chi connectivity index (χ1v) is 6.34. The molecule has 0 fully saturated rings. The Morgan fingerprint density at radius 1 is 1.21 bits per heavy atom. The summed E-state index contributed by atoms with van der Waals surface area (Å²) in [6, 6.07) is 11.8. The molecule has 1 aromatic carbocycles. The molecule has 2 aromatic rings. The van der Waals surface area contributed by atoms with Crippen LogP contribution in [0.25, 0.3) is 0 Å². The molecule has 0 saturated carbocycles. The topological polar surface area (TPSA) is 46.1 Å². The summed E-state index contributed by atoms with van der Waals surface area (Å²) in [5, 5.41) is 5.98. The van der Waals surface area contributed by atoms with E-state index in [0.717, 1.165) is 17.9 Å². The van der Waals surface area contributed by atoms with Gasteiger partial charge in [0.1, 0.15) is 6.54 Å². The largest absolute Gasteiger partial charge is 0.341 e. The summed E-state index contributed by atoms with van der Waals surface area (Å²) in [5.41, 5.74) is 3.11. The van der Waals surface area contributed by atoms with Crippen molar-refractivity contribution in [2.75, 3.05) is 12.4 Å². The van der Waals surface area contributed by atoms with Gasteiger partial charge < -0.3 is 15.2 Å². The van der Waals surface area contributed by atoms with Gasteiger partial charge in [0.05, 0.1) is 0 Å². The highest BCUT2D eigenvalue weighted by atomic mass is 16.1. The number of nitrogens with one attached hydrogen (secondary N) is 2. The Morgan fingerprint density at radius 2 is 1.95 bits per heavy atom. The molecular weight excluding hydrogens is 238 g/mol. The minimum absolute atomic E-state index is 0.0163. The van der Waals surface area contributed by atoms with Crippen LogP contribution in [0.5, 0.6) is 0 Å². The highest BCUT2D eigenvalue weighted by molar-refractivity contribution is 5.90. The molecule has 0 spiro atoms. The summed E-state index contributed by atoms with van der Waals surface area (Å²) in [4.78, 5) is 12.0. The Balaban J connectivity index is 1.97. The minimum Gasteiger partial charge on any atom is -0.341 e. The summed E-state index contributed by atoms with van der Waals surface area (Å²) >= 11 is 0. The first kappa shape index (κ1) is 13.4. The zero-order valence-electron chi connectivity index (χ0n) is 11.3. The number of benzene rings is 1. The molecule has 2 N–H and O–H groups in total. The lowest BCUT2D eigenvalue weighted by Crippen LogP contribution is -2.21. The van der Waals surface area contributed by atoms with Gasteiger partial charge in [0.25, 0.3) is 0 Å². The van der Waals surface area contributed by atoms with E-state index >= 15 is 0 Å². The summed E-state index contributed by atoms with van der Waals surface area (Å²) < 4.78 is 1.94. The van der Waals surface area contributed by atoms with Crippen molar-refractivity contribution in [2.45, 2.75) is 20.0 Å². The van der Waals surface area contributed by atoms with E-state index < -0.39 is 0 Å². The maximum absolute atomic E-state index is 12.0. The second-order valence-corrected chi connectivity index (χ2v) is 4.57. The first-order chi connectivity index (χ1) is 9.19. The summed E-state index contributed by atoms with van der Waals surface area (Å²) in [6.45, 7) is 3.11. The zero-order chi connectivity index (χ0) is 13.7. The van der Waals surface area contributed by atoms with Gasteiger partial charge in [0, 0.05) is 24.1 Å². The van der Waals surface area contributed by atoms with Crippen LogP contribution in [0.15, 0.2) is 42.6 Å². The molecule has 100 valence electrons. The van der Waals surface area contributed by atoms with Crippen molar-refractivity contribution >= 4 is 11.6 Å². The molecule has 19 heavy (non-hydrogen) atoms. The van der Waals surface area contributed by atoms with Crippen LogP contribution in [0.3, 0.4) is 0 Å². The number of carbonyl (C=O) groups is 1. The van der Waals surface area contributed by atoms with Crippen LogP contribution in [-0.4, -0.2) is 17.5 Å². The van der Waals surface area contributed by atoms with Gasteiger partial charge in [0.2, 0.25) is 5.91 Å². The smallest absolute Gasteiger partial charge is 0.244 e. The minimum atomic E-state index is -0.0163. The Hall–Kier alpha value is -2.07. The van der Waals surface area contributed by atoms with Crippen LogP contribution in [0, 0.1) is 6.92 Å². The number of hydrogen-bond acceptors (Lipinski definition) is 2. The lowest BCUT2D eigenvalue weighted by molar-refractivity contribution is -0.116. The number of hydrogen-bond donors (Lipinski definition) is 2. The zero-order valence-corrected chi connectivity index (χ0v) is 11.3. The molecule has 0 aliphatic heterocycles. The molecule has 0 radical (unpaired) electrons. The van der Waals surface area contributed by atoms with Gasteiger partial charge in [-0.1, -0.05) is 17.7 Å². The van der Waals surface area contributed by atoms with E-state index in [0.29, 0.717) is 6.54 Å². The average molecular weight is 257 g/mol. The fourth-order valence-corrected chi connectivity index (χ4v) is 1.94. The van der Waals surface area contributed by atoms with Gasteiger partial charge in [-0.25, -0.2) is 0 Å². The van der Waals surface area contributed by atoms with Crippen LogP contribution in [0.4, 0.5) is 5.69 Å². The predicted octanol–water partition coefficient (Wildman–Crippen LogP) is 2.15. The van der Waals surface area contributed by atoms with Crippen molar-refractivity contribution in [3.63, 3.8) is 0 Å². The van der Waals surface area contributed by atoms with Gasteiger partial charge in [-0.2, -0.15) is 0 Å². The second kappa shape index (κ2) is 6.20. The maximum atomic E-state index is 12.0. The van der Waals surface area contributed by atoms with Gasteiger partial charge in [0.15, 0.2) is 0 Å². The Kier molecular flexibility index (Phi) is 4.36. The number of anilines is 1. The molecule has 0 aliphatic rings. The van der Waals surface area contributed by atoms with E-state index in [4.69, 9.17) is 0 Å². The molecular formula is C15H19N3O. The molecule has 1 heterocycles. The third-order valence-electron chi connectivity index (χ3n) is 2.93. The first-order valence-electron chi connectivity index (χ1n) is 6.34. The van der Waals surface area contributed by atoms with Crippen molar-refractivity contribution in [3.8, 4) is 0 Å². The highest BCUT2D eigenvalue weighted by Gasteiger charge is 2.06. The Morgan fingerprint density at radius 3 is 2.63 bits per heavy atom. The molecule has 4 heteroatoms. The van der Waals surface area contributed by atoms with Crippen LogP contribution < -0.4 is 10.6 Å². The number of nitrogens with zero attached hydrogens (tertiary/aromatic N) is 1. The number of amides is 1. The van der Waals surface area contributed by atoms with Crippen molar-refractivity contribution in [3.05, 3.63) is 53.9 Å². The quantitative estimate of drug-likeness (QED) is 0.862. The third kappa shape index (κ3) is 3.69. The molecule has 4 nitrogen and oxygen atoms in total. The van der Waals surface area contributed by atoms with Gasteiger partial charge in [-0.3, -0.25) is 4.79 Å². The maximum Gasteiger partial charge on any atom is 0.244 e. The van der Waals surface area contributed by atoms with E-state index in [1.165, 1.54) is 5.56 Å². The lowest BCUT2D eigenvalue weighted by Gasteiger charge is -2.10. The Labute approximate surface area is 113 Å². The van der Waals surface area contributed by atoms with Gasteiger partial charge in [-0.15, -0.1) is 0 Å². The summed E-state index contributed by atoms with van der Waals surface area (Å²) in [5.74, 6) is -0.0163. The Bertz CT molecular complexity index is 543. The summed E-state index contributed by atoms with van der Waals surface area (Å²) in [6.07, 6.45) is 1.92. The molecule has 0 bridgehead atoms. The van der Waals surface area contributed by atoms with Crippen LogP contribution in [0.2, 0.25) is 0 Å². The van der Waals surface area contributed by atoms with Crippen LogP contribution in [-0.2, 0) is 17.9 Å². The number of aromatic nitrogens is 1. The normalized spacial score (nSPS) is 10.4. The third-order valence-corrected chi connectivity index (χ3v) is 2.93. The van der Waals surface area contributed by atoms with Crippen molar-refractivity contribution in [1.29, 1.82) is 0 Å². The monoisotopic (exact) mass is 257 g/mol. The van der Waals surface area contributed by atoms with Crippen LogP contribution >= 0.6 is 0 Å². The summed E-state index contributed by atoms with van der Waals surface area (Å²) in [7, 11) is 1.89. The van der Waals surface area contributed by atoms with Crippen molar-refractivity contribution < 1.29 is 4.79 Å². The predicted molar refractivity (Wildman–Crippen MR) is 77.0 cm³/mol. The average Bonchev–Trinajstić information content (AvgIpc) is 2.80. The van der Waals surface area contributed by atoms with Gasteiger partial charge in [-0.05, 0) is 38.2 Å². The second-order valence-electron chi connectivity index (χ2n) is 4.57. The van der Waals surface area contributed by atoms with Crippen molar-refractivity contribution in [2.24, 2.45) is 0 Å². The van der Waals surface area contributed by atoms with Gasteiger partial charge >= 0.3 is 0 Å². The molecule has 0 atom stereocenters. The molecule has 0 saturated heterocycles. The highest BCUT2D eigenvalue weighted by Crippen LogP contribution is 2.09. The van der Waals surface area contributed by atoms with E-state index in [1.807, 2.05) is 61.1 Å². The molecule has 0 aliphatic carbocycles. The van der Waals surface area contributed by atoms with E-state index in [2.05, 4.69) is 10.6 Å². The standard InChI is InChI=1S/C15H19N3O/c1-12-5-7-13(8-6-12)17-15(19)11-18-9-3-4-14(18)10-16-2/h3-9,16H,10-11H2,1-2H3,(H,17,19). The number of aryl methyl sites for hydroxylation is 1. The lowest BCUT2D eigenvalue weighted by atomic mass is 10.2. The molecule has 0 unspecified atom stereocenters. The van der Waals surface area contributed by atoms with Crippen molar-refractivity contribution in [1.82, 2.24) is 9.88 Å². The molecule has 1 aromatic heterocycles. The number of rotatable bonds is 5. The van der Waals surface area contributed by atoms with Crippen LogP contribution in [0.1, 0.15) is 11.3 Å². The SMILES string of the molecule is CNCc1cccn1CC(=O)Nc1ccc(C)cc1. The molecule has 2 rings (SSSR count). The van der Waals surface area contributed by atoms with E-state index in [1.54, 1.807) is 0 Å². The molecule has 1 amide bonds. The fraction of sp³-hybridized carbons (Fsp3) is 0.267. The number of carbonyl (C=O) groups excluding carboxylic acids is 1. The van der Waals surface area contributed by atoms with E-state index in [-0.39, 0.29) is 5.91 Å². The van der Waals surface area contributed by atoms with E-state index in [9.17, 15) is 4.79 Å². The fourth-order valence-electron chi connectivity index (χ4n) is 1.94.